The largest absolute Gasteiger partial charge is 0.334 e. The van der Waals surface area contributed by atoms with Gasteiger partial charge in [-0.25, -0.2) is 4.98 Å². The zero-order valence-corrected chi connectivity index (χ0v) is 17.4. The number of aromatic nitrogens is 4. The number of rotatable bonds is 9. The van der Waals surface area contributed by atoms with E-state index in [1.165, 1.54) is 11.1 Å². The van der Waals surface area contributed by atoms with Crippen molar-refractivity contribution in [2.24, 2.45) is 0 Å². The lowest BCUT2D eigenvalue weighted by Gasteiger charge is -2.18. The first-order chi connectivity index (χ1) is 14.2. The van der Waals surface area contributed by atoms with Crippen LogP contribution in [0.4, 0.5) is 0 Å². The van der Waals surface area contributed by atoms with Crippen LogP contribution in [0.25, 0.3) is 11.1 Å². The van der Waals surface area contributed by atoms with E-state index < -0.39 is 0 Å². The van der Waals surface area contributed by atoms with Crippen LogP contribution in [0.1, 0.15) is 24.8 Å². The van der Waals surface area contributed by atoms with Crippen LogP contribution < -0.4 is 5.32 Å². The second-order valence-electron chi connectivity index (χ2n) is 6.66. The molecule has 0 amide bonds. The normalized spacial score (nSPS) is 11.7. The Morgan fingerprint density at radius 1 is 1.28 bits per heavy atom. The molecule has 152 valence electrons. The molecule has 0 saturated heterocycles. The third-order valence-corrected chi connectivity index (χ3v) is 4.65. The highest BCUT2D eigenvalue weighted by atomic mass is 15.1. The quantitative estimate of drug-likeness (QED) is 0.401. The van der Waals surface area contributed by atoms with Crippen LogP contribution in [0.5, 0.6) is 0 Å². The number of nitrogens with zero attached hydrogens (tertiary/aromatic N) is 3. The zero-order chi connectivity index (χ0) is 20.9. The molecule has 2 aromatic heterocycles. The van der Waals surface area contributed by atoms with Gasteiger partial charge in [0, 0.05) is 36.6 Å². The SMILES string of the molecule is C/C=C\Cn1ccnc1.C=CC(=C)C(CCNC)c1ccc(-c2cn[nH]c2)cc1. The van der Waals surface area contributed by atoms with Gasteiger partial charge in [-0.05, 0) is 43.6 Å². The van der Waals surface area contributed by atoms with Gasteiger partial charge in [0.25, 0.3) is 0 Å². The molecule has 1 atom stereocenters. The van der Waals surface area contributed by atoms with Crippen molar-refractivity contribution in [2.75, 3.05) is 13.6 Å². The molecule has 0 fully saturated rings. The maximum absolute atomic E-state index is 4.11. The summed E-state index contributed by atoms with van der Waals surface area (Å²) in [6.07, 6.45) is 16.2. The first kappa shape index (κ1) is 22.1. The number of H-pyrrole nitrogens is 1. The number of benzene rings is 1. The van der Waals surface area contributed by atoms with Gasteiger partial charge in [-0.2, -0.15) is 5.10 Å². The summed E-state index contributed by atoms with van der Waals surface area (Å²) in [4.78, 5) is 3.90. The molecule has 2 heterocycles. The molecule has 0 spiro atoms. The first-order valence-corrected chi connectivity index (χ1v) is 9.81. The van der Waals surface area contributed by atoms with E-state index in [2.05, 4.69) is 64.0 Å². The molecule has 2 N–H and O–H groups in total. The average molecular weight is 390 g/mol. The zero-order valence-electron chi connectivity index (χ0n) is 17.4. The Kier molecular flexibility index (Phi) is 9.39. The average Bonchev–Trinajstić information content (AvgIpc) is 3.47. The van der Waals surface area contributed by atoms with Crippen LogP contribution in [0, 0.1) is 0 Å². The Morgan fingerprint density at radius 3 is 2.62 bits per heavy atom. The van der Waals surface area contributed by atoms with E-state index in [-0.39, 0.29) is 0 Å². The van der Waals surface area contributed by atoms with Crippen molar-refractivity contribution in [1.82, 2.24) is 25.1 Å². The molecule has 0 radical (unpaired) electrons. The van der Waals surface area contributed by atoms with Crippen molar-refractivity contribution in [2.45, 2.75) is 25.8 Å². The Hall–Kier alpha value is -3.18. The Morgan fingerprint density at radius 2 is 2.07 bits per heavy atom. The van der Waals surface area contributed by atoms with Gasteiger partial charge in [-0.15, -0.1) is 0 Å². The second kappa shape index (κ2) is 12.3. The van der Waals surface area contributed by atoms with E-state index in [9.17, 15) is 0 Å². The fraction of sp³-hybridized carbons (Fsp3) is 0.250. The van der Waals surface area contributed by atoms with Gasteiger partial charge < -0.3 is 9.88 Å². The van der Waals surface area contributed by atoms with Gasteiger partial charge in [0.2, 0.25) is 0 Å². The molecule has 3 aromatic rings. The lowest BCUT2D eigenvalue weighted by Crippen LogP contribution is -2.13. The minimum atomic E-state index is 0.318. The fourth-order valence-corrected chi connectivity index (χ4v) is 2.94. The molecule has 5 heteroatoms. The highest BCUT2D eigenvalue weighted by molar-refractivity contribution is 5.62. The van der Waals surface area contributed by atoms with E-state index >= 15 is 0 Å². The second-order valence-corrected chi connectivity index (χ2v) is 6.66. The number of allylic oxidation sites excluding steroid dienone is 4. The fourth-order valence-electron chi connectivity index (χ4n) is 2.94. The van der Waals surface area contributed by atoms with Crippen molar-refractivity contribution in [3.63, 3.8) is 0 Å². The van der Waals surface area contributed by atoms with Crippen LogP contribution in [-0.4, -0.2) is 33.3 Å². The number of hydrogen-bond acceptors (Lipinski definition) is 3. The monoisotopic (exact) mass is 389 g/mol. The third kappa shape index (κ3) is 7.05. The lowest BCUT2D eigenvalue weighted by molar-refractivity contribution is 0.662. The molecule has 1 unspecified atom stereocenters. The number of hydrogen-bond donors (Lipinski definition) is 2. The summed E-state index contributed by atoms with van der Waals surface area (Å²) in [5, 5.41) is 10.0. The minimum Gasteiger partial charge on any atom is -0.334 e. The van der Waals surface area contributed by atoms with Gasteiger partial charge in [-0.3, -0.25) is 5.10 Å². The minimum absolute atomic E-state index is 0.318. The molecule has 3 rings (SSSR count). The Bertz CT molecular complexity index is 859. The van der Waals surface area contributed by atoms with Gasteiger partial charge in [0.1, 0.15) is 0 Å². The summed E-state index contributed by atoms with van der Waals surface area (Å²) in [7, 11) is 1.97. The summed E-state index contributed by atoms with van der Waals surface area (Å²) >= 11 is 0. The molecule has 5 nitrogen and oxygen atoms in total. The first-order valence-electron chi connectivity index (χ1n) is 9.81. The van der Waals surface area contributed by atoms with Crippen LogP contribution in [0.2, 0.25) is 0 Å². The van der Waals surface area contributed by atoms with Crippen molar-refractivity contribution < 1.29 is 0 Å². The molecule has 0 aliphatic rings. The molecule has 0 saturated carbocycles. The number of nitrogens with one attached hydrogen (secondary N) is 2. The highest BCUT2D eigenvalue weighted by Gasteiger charge is 2.13. The number of aromatic amines is 1. The van der Waals surface area contributed by atoms with Crippen molar-refractivity contribution in [3.8, 4) is 11.1 Å². The molecule has 0 aliphatic heterocycles. The van der Waals surface area contributed by atoms with E-state index in [0.717, 1.165) is 30.6 Å². The van der Waals surface area contributed by atoms with E-state index in [1.807, 2.05) is 49.3 Å². The molecule has 29 heavy (non-hydrogen) atoms. The van der Waals surface area contributed by atoms with Crippen LogP contribution >= 0.6 is 0 Å². The smallest absolute Gasteiger partial charge is 0.0948 e. The topological polar surface area (TPSA) is 58.5 Å². The van der Waals surface area contributed by atoms with Gasteiger partial charge in [0.15, 0.2) is 0 Å². The van der Waals surface area contributed by atoms with Crippen molar-refractivity contribution in [1.29, 1.82) is 0 Å². The third-order valence-electron chi connectivity index (χ3n) is 4.65. The molecule has 0 bridgehead atoms. The van der Waals surface area contributed by atoms with Crippen molar-refractivity contribution in [3.05, 3.63) is 97.9 Å². The van der Waals surface area contributed by atoms with E-state index in [4.69, 9.17) is 0 Å². The van der Waals surface area contributed by atoms with E-state index in [0.29, 0.717) is 5.92 Å². The molecular formula is C24H31N5. The van der Waals surface area contributed by atoms with Gasteiger partial charge >= 0.3 is 0 Å². The lowest BCUT2D eigenvalue weighted by atomic mass is 9.88. The van der Waals surface area contributed by atoms with Crippen LogP contribution in [-0.2, 0) is 6.54 Å². The molecular weight excluding hydrogens is 358 g/mol. The summed E-state index contributed by atoms with van der Waals surface area (Å²) in [6, 6.07) is 8.58. The summed E-state index contributed by atoms with van der Waals surface area (Å²) < 4.78 is 2.01. The van der Waals surface area contributed by atoms with E-state index in [1.54, 1.807) is 12.5 Å². The molecule has 0 aliphatic carbocycles. The Labute approximate surface area is 173 Å². The predicted octanol–water partition coefficient (Wildman–Crippen LogP) is 4.97. The highest BCUT2D eigenvalue weighted by Crippen LogP contribution is 2.29. The standard InChI is InChI=1S/C17H21N3.C7H10N2/c1-4-13(2)17(9-10-18-3)15-7-5-14(6-8-15)16-11-19-20-12-16;1-2-3-5-9-6-4-8-7-9/h4-8,11-12,17-18H,1-2,9-10H2,3H3,(H,19,20);2-4,6-7H,5H2,1H3/b;3-2-. The number of imidazole rings is 1. The summed E-state index contributed by atoms with van der Waals surface area (Å²) in [5.41, 5.74) is 4.61. The van der Waals surface area contributed by atoms with Crippen molar-refractivity contribution >= 4 is 0 Å². The van der Waals surface area contributed by atoms with Crippen LogP contribution in [0.15, 0.2) is 92.3 Å². The maximum Gasteiger partial charge on any atom is 0.0948 e. The summed E-state index contributed by atoms with van der Waals surface area (Å²) in [5.74, 6) is 0.318. The maximum atomic E-state index is 4.11. The predicted molar refractivity (Wildman–Crippen MR) is 122 cm³/mol. The molecule has 1 aromatic carbocycles. The van der Waals surface area contributed by atoms with Gasteiger partial charge in [0.05, 0.1) is 12.5 Å². The van der Waals surface area contributed by atoms with Crippen LogP contribution in [0.3, 0.4) is 0 Å². The summed E-state index contributed by atoms with van der Waals surface area (Å²) in [6.45, 7) is 11.9. The Balaban J connectivity index is 0.000000278. The van der Waals surface area contributed by atoms with Gasteiger partial charge in [-0.1, -0.05) is 55.7 Å².